The van der Waals surface area contributed by atoms with Gasteiger partial charge in [-0.25, -0.2) is 0 Å². The van der Waals surface area contributed by atoms with E-state index in [9.17, 15) is 9.90 Å². The van der Waals surface area contributed by atoms with Crippen LogP contribution < -0.4 is 5.32 Å². The minimum absolute atomic E-state index is 0. The number of hydrogen-bond donors (Lipinski definition) is 2. The average Bonchev–Trinajstić information content (AvgIpc) is 2.59. The number of aliphatic hydroxyl groups excluding tert-OH is 1. The van der Waals surface area contributed by atoms with Crippen molar-refractivity contribution >= 4 is 30.7 Å². The van der Waals surface area contributed by atoms with E-state index >= 15 is 0 Å². The predicted molar refractivity (Wildman–Crippen MR) is 99.3 cm³/mol. The fourth-order valence-electron chi connectivity index (χ4n) is 2.91. The average molecular weight is 387 g/mol. The van der Waals surface area contributed by atoms with Gasteiger partial charge >= 0.3 is 0 Å². The van der Waals surface area contributed by atoms with Gasteiger partial charge in [0.15, 0.2) is 0 Å². The van der Waals surface area contributed by atoms with Crippen LogP contribution in [0.3, 0.4) is 0 Å². The third-order valence-electron chi connectivity index (χ3n) is 4.36. The summed E-state index contributed by atoms with van der Waals surface area (Å²) in [7, 11) is 0. The maximum absolute atomic E-state index is 12.2. The number of amides is 1. The van der Waals surface area contributed by atoms with Crippen molar-refractivity contribution in [2.75, 3.05) is 85.3 Å². The molecule has 7 nitrogen and oxygen atoms in total. The van der Waals surface area contributed by atoms with Gasteiger partial charge in [0, 0.05) is 71.9 Å². The van der Waals surface area contributed by atoms with Crippen molar-refractivity contribution in [3.05, 3.63) is 0 Å². The van der Waals surface area contributed by atoms with Crippen LogP contribution in [-0.2, 0) is 9.53 Å². The Labute approximate surface area is 157 Å². The smallest absolute Gasteiger partial charge is 0.223 e. The van der Waals surface area contributed by atoms with E-state index in [1.165, 1.54) is 0 Å². The van der Waals surface area contributed by atoms with E-state index in [4.69, 9.17) is 4.74 Å². The first kappa shape index (κ1) is 23.9. The van der Waals surface area contributed by atoms with Crippen LogP contribution in [0, 0.1) is 0 Å². The second-order valence-electron chi connectivity index (χ2n) is 5.90. The number of aliphatic hydroxyl groups is 1. The second kappa shape index (κ2) is 14.1. The highest BCUT2D eigenvalue weighted by atomic mass is 35.5. The van der Waals surface area contributed by atoms with Crippen LogP contribution in [0.25, 0.3) is 0 Å². The molecule has 0 radical (unpaired) electrons. The highest BCUT2D eigenvalue weighted by Crippen LogP contribution is 2.01. The Morgan fingerprint density at radius 3 is 2.33 bits per heavy atom. The molecule has 0 spiro atoms. The van der Waals surface area contributed by atoms with Gasteiger partial charge in [-0.1, -0.05) is 0 Å². The molecular weight excluding hydrogens is 355 g/mol. The normalized spacial score (nSPS) is 18.8. The number of carbonyl (C=O) groups excluding carboxylic acids is 1. The fraction of sp³-hybridized carbons (Fsp3) is 0.933. The van der Waals surface area contributed by atoms with Crippen LogP contribution in [-0.4, -0.2) is 111 Å². The Morgan fingerprint density at radius 2 is 1.71 bits per heavy atom. The molecule has 2 aliphatic rings. The Hall–Kier alpha value is -0.150. The van der Waals surface area contributed by atoms with E-state index in [0.717, 1.165) is 72.1 Å². The van der Waals surface area contributed by atoms with Crippen molar-refractivity contribution < 1.29 is 14.6 Å². The molecule has 0 aliphatic carbocycles. The van der Waals surface area contributed by atoms with Crippen LogP contribution >= 0.6 is 24.8 Å². The number of piperazine rings is 1. The highest BCUT2D eigenvalue weighted by Gasteiger charge is 2.18. The van der Waals surface area contributed by atoms with E-state index < -0.39 is 0 Å². The Balaban J connectivity index is 0.00000264. The summed E-state index contributed by atoms with van der Waals surface area (Å²) in [5.74, 6) is 0.232. The molecule has 2 fully saturated rings. The summed E-state index contributed by atoms with van der Waals surface area (Å²) in [6.07, 6.45) is 0.545. The molecule has 1 amide bonds. The quantitative estimate of drug-likeness (QED) is 0.573. The molecule has 2 heterocycles. The summed E-state index contributed by atoms with van der Waals surface area (Å²) in [5.41, 5.74) is 0. The van der Waals surface area contributed by atoms with Gasteiger partial charge < -0.3 is 20.1 Å². The van der Waals surface area contributed by atoms with Gasteiger partial charge in [0.05, 0.1) is 19.8 Å². The summed E-state index contributed by atoms with van der Waals surface area (Å²) in [6.45, 7) is 10.4. The molecule has 0 aromatic heterocycles. The first-order chi connectivity index (χ1) is 10.8. The molecule has 9 heteroatoms. The van der Waals surface area contributed by atoms with Crippen LogP contribution in [0.2, 0.25) is 0 Å². The predicted octanol–water partition coefficient (Wildman–Crippen LogP) is -0.722. The van der Waals surface area contributed by atoms with Crippen molar-refractivity contribution in [1.29, 1.82) is 0 Å². The zero-order valence-electron chi connectivity index (χ0n) is 14.3. The topological polar surface area (TPSA) is 68.3 Å². The molecule has 2 rings (SSSR count). The van der Waals surface area contributed by atoms with Crippen molar-refractivity contribution in [3.8, 4) is 0 Å². The van der Waals surface area contributed by atoms with Crippen molar-refractivity contribution in [2.45, 2.75) is 6.42 Å². The minimum Gasteiger partial charge on any atom is -0.395 e. The molecule has 0 atom stereocenters. The van der Waals surface area contributed by atoms with Gasteiger partial charge in [-0.15, -0.1) is 24.8 Å². The monoisotopic (exact) mass is 386 g/mol. The van der Waals surface area contributed by atoms with Crippen LogP contribution in [0.4, 0.5) is 0 Å². The van der Waals surface area contributed by atoms with E-state index in [1.54, 1.807) is 0 Å². The van der Waals surface area contributed by atoms with Gasteiger partial charge in [-0.05, 0) is 0 Å². The van der Waals surface area contributed by atoms with Crippen LogP contribution in [0.15, 0.2) is 0 Å². The molecule has 0 aromatic carbocycles. The minimum atomic E-state index is 0. The number of morpholine rings is 1. The molecule has 0 unspecified atom stereocenters. The lowest BCUT2D eigenvalue weighted by Crippen LogP contribution is -2.47. The third-order valence-corrected chi connectivity index (χ3v) is 4.36. The Morgan fingerprint density at radius 1 is 1.04 bits per heavy atom. The summed E-state index contributed by atoms with van der Waals surface area (Å²) < 4.78 is 5.35. The molecule has 0 saturated carbocycles. The summed E-state index contributed by atoms with van der Waals surface area (Å²) in [5, 5.41) is 12.5. The molecular formula is C15H32Cl2N4O3. The first-order valence-corrected chi connectivity index (χ1v) is 8.41. The Kier molecular flexibility index (Phi) is 14.0. The van der Waals surface area contributed by atoms with Gasteiger partial charge in [0.1, 0.15) is 0 Å². The van der Waals surface area contributed by atoms with Gasteiger partial charge in [0.25, 0.3) is 0 Å². The maximum atomic E-state index is 12.2. The number of ether oxygens (including phenoxy) is 1. The number of nitrogens with one attached hydrogen (secondary N) is 1. The molecule has 2 aliphatic heterocycles. The zero-order valence-corrected chi connectivity index (χ0v) is 16.0. The summed E-state index contributed by atoms with van der Waals surface area (Å²) in [4.78, 5) is 18.7. The van der Waals surface area contributed by atoms with Crippen LogP contribution in [0.1, 0.15) is 6.42 Å². The lowest BCUT2D eigenvalue weighted by Gasteiger charge is -2.31. The summed E-state index contributed by atoms with van der Waals surface area (Å²) in [6, 6.07) is 0. The lowest BCUT2D eigenvalue weighted by atomic mass is 10.3. The number of nitrogens with zero attached hydrogens (tertiary/aromatic N) is 3. The van der Waals surface area contributed by atoms with E-state index in [-0.39, 0.29) is 37.3 Å². The van der Waals surface area contributed by atoms with Gasteiger partial charge in [-0.3, -0.25) is 14.6 Å². The second-order valence-corrected chi connectivity index (χ2v) is 5.90. The highest BCUT2D eigenvalue weighted by molar-refractivity contribution is 5.85. The SMILES string of the molecule is Cl.Cl.O=C(CCN(CCO)CCN1CCOCC1)N1CCNCC1. The van der Waals surface area contributed by atoms with E-state index in [2.05, 4.69) is 15.1 Å². The lowest BCUT2D eigenvalue weighted by molar-refractivity contribution is -0.132. The maximum Gasteiger partial charge on any atom is 0.223 e. The standard InChI is InChI=1S/C15H30N4O3.2ClH/c20-12-9-17(7-8-18-10-13-22-14-11-18)4-1-15(21)19-5-2-16-3-6-19;;/h16,20H,1-14H2;2*1H. The number of hydrogen-bond acceptors (Lipinski definition) is 6. The first-order valence-electron chi connectivity index (χ1n) is 8.41. The largest absolute Gasteiger partial charge is 0.395 e. The number of carbonyl (C=O) groups is 1. The van der Waals surface area contributed by atoms with Crippen LogP contribution in [0.5, 0.6) is 0 Å². The van der Waals surface area contributed by atoms with Gasteiger partial charge in [0.2, 0.25) is 5.91 Å². The third kappa shape index (κ3) is 8.80. The molecule has 0 bridgehead atoms. The van der Waals surface area contributed by atoms with E-state index in [1.807, 2.05) is 4.90 Å². The molecule has 2 N–H and O–H groups in total. The van der Waals surface area contributed by atoms with Crippen molar-refractivity contribution in [3.63, 3.8) is 0 Å². The summed E-state index contributed by atoms with van der Waals surface area (Å²) >= 11 is 0. The molecule has 0 aromatic rings. The Bertz CT molecular complexity index is 328. The zero-order chi connectivity index (χ0) is 15.6. The fourth-order valence-corrected chi connectivity index (χ4v) is 2.91. The number of halogens is 2. The molecule has 144 valence electrons. The molecule has 24 heavy (non-hydrogen) atoms. The van der Waals surface area contributed by atoms with E-state index in [0.29, 0.717) is 13.0 Å². The number of rotatable bonds is 8. The van der Waals surface area contributed by atoms with Crippen molar-refractivity contribution in [2.24, 2.45) is 0 Å². The van der Waals surface area contributed by atoms with Gasteiger partial charge in [-0.2, -0.15) is 0 Å². The van der Waals surface area contributed by atoms with Crippen molar-refractivity contribution in [1.82, 2.24) is 20.0 Å². The molecule has 2 saturated heterocycles.